The number of nitrogens with one attached hydrogen (secondary N) is 1. The van der Waals surface area contributed by atoms with Crippen LogP contribution in [0, 0.1) is 11.3 Å². The van der Waals surface area contributed by atoms with Crippen molar-refractivity contribution in [1.29, 1.82) is 5.26 Å². The molecule has 2 rings (SSSR count). The average molecular weight is 293 g/mol. The maximum atomic E-state index is 8.84. The minimum atomic E-state index is 0.208. The zero-order valence-corrected chi connectivity index (χ0v) is 11.3. The van der Waals surface area contributed by atoms with Crippen LogP contribution in [0.2, 0.25) is 10.0 Å². The Bertz CT molecular complexity index is 650. The van der Waals surface area contributed by atoms with Crippen LogP contribution in [-0.2, 0) is 6.54 Å². The van der Waals surface area contributed by atoms with Crippen molar-refractivity contribution in [2.75, 3.05) is 11.1 Å². The fourth-order valence-corrected chi connectivity index (χ4v) is 1.82. The number of hydrogen-bond donors (Lipinski definition) is 2. The van der Waals surface area contributed by atoms with Crippen LogP contribution in [-0.4, -0.2) is 4.98 Å². The molecule has 0 bridgehead atoms. The first-order valence-corrected chi connectivity index (χ1v) is 6.20. The number of benzene rings is 1. The second kappa shape index (κ2) is 5.79. The highest BCUT2D eigenvalue weighted by atomic mass is 35.5. The first-order valence-electron chi connectivity index (χ1n) is 5.44. The maximum absolute atomic E-state index is 8.84. The molecular formula is C13H10Cl2N4. The summed E-state index contributed by atoms with van der Waals surface area (Å²) in [6.45, 7) is 0.526. The highest BCUT2D eigenvalue weighted by Gasteiger charge is 2.03. The molecule has 0 radical (unpaired) electrons. The van der Waals surface area contributed by atoms with Crippen LogP contribution in [0.1, 0.15) is 11.3 Å². The first-order chi connectivity index (χ1) is 9.10. The van der Waals surface area contributed by atoms with E-state index in [2.05, 4.69) is 10.3 Å². The van der Waals surface area contributed by atoms with Crippen molar-refractivity contribution >= 4 is 34.7 Å². The highest BCUT2D eigenvalue weighted by molar-refractivity contribution is 6.42. The molecule has 0 unspecified atom stereocenters. The molecule has 2 aromatic rings. The van der Waals surface area contributed by atoms with E-state index >= 15 is 0 Å². The normalized spacial score (nSPS) is 9.95. The van der Waals surface area contributed by atoms with Gasteiger partial charge >= 0.3 is 0 Å². The van der Waals surface area contributed by atoms with Gasteiger partial charge in [0.2, 0.25) is 0 Å². The molecule has 0 aliphatic rings. The molecule has 1 heterocycles. The fraction of sp³-hybridized carbons (Fsp3) is 0.0769. The second-order valence-corrected chi connectivity index (χ2v) is 4.66. The van der Waals surface area contributed by atoms with Crippen molar-refractivity contribution < 1.29 is 0 Å². The monoisotopic (exact) mass is 292 g/mol. The van der Waals surface area contributed by atoms with Crippen molar-refractivity contribution in [1.82, 2.24) is 4.98 Å². The van der Waals surface area contributed by atoms with E-state index in [0.717, 1.165) is 5.56 Å². The van der Waals surface area contributed by atoms with Crippen molar-refractivity contribution in [3.8, 4) is 6.07 Å². The fourth-order valence-electron chi connectivity index (χ4n) is 1.50. The third kappa shape index (κ3) is 3.28. The van der Waals surface area contributed by atoms with Gasteiger partial charge in [-0.05, 0) is 29.8 Å². The minimum absolute atomic E-state index is 0.208. The third-order valence-corrected chi connectivity index (χ3v) is 3.23. The Kier molecular flexibility index (Phi) is 4.10. The van der Waals surface area contributed by atoms with E-state index in [9.17, 15) is 0 Å². The minimum Gasteiger partial charge on any atom is -0.396 e. The predicted octanol–water partition coefficient (Wildman–Crippen LogP) is 3.45. The van der Waals surface area contributed by atoms with Gasteiger partial charge in [0.25, 0.3) is 0 Å². The molecule has 0 aliphatic carbocycles. The van der Waals surface area contributed by atoms with Gasteiger partial charge in [-0.1, -0.05) is 29.3 Å². The van der Waals surface area contributed by atoms with Gasteiger partial charge in [-0.2, -0.15) is 5.26 Å². The number of hydrogen-bond acceptors (Lipinski definition) is 4. The summed E-state index contributed by atoms with van der Waals surface area (Å²) in [6, 6.07) is 10.7. The predicted molar refractivity (Wildman–Crippen MR) is 77.2 cm³/mol. The summed E-state index contributed by atoms with van der Waals surface area (Å²) in [5, 5.41) is 13.0. The van der Waals surface area contributed by atoms with Gasteiger partial charge < -0.3 is 11.1 Å². The highest BCUT2D eigenvalue weighted by Crippen LogP contribution is 2.23. The number of nitrogens with two attached hydrogens (primary N) is 1. The smallest absolute Gasteiger partial charge is 0.165 e. The van der Waals surface area contributed by atoms with E-state index in [1.54, 1.807) is 24.3 Å². The molecule has 0 amide bonds. The lowest BCUT2D eigenvalue weighted by Crippen LogP contribution is -2.03. The first kappa shape index (κ1) is 13.5. The maximum Gasteiger partial charge on any atom is 0.165 e. The van der Waals surface area contributed by atoms with Gasteiger partial charge in [-0.3, -0.25) is 0 Å². The van der Waals surface area contributed by atoms with Crippen LogP contribution in [0.3, 0.4) is 0 Å². The van der Waals surface area contributed by atoms with E-state index in [1.165, 1.54) is 0 Å². The standard InChI is InChI=1S/C13H10Cl2N4/c14-9-2-1-8(5-10(9)15)7-18-13-4-3-11(17)12(6-16)19-13/h1-5H,7,17H2,(H,18,19). The van der Waals surface area contributed by atoms with Gasteiger partial charge in [0, 0.05) is 6.54 Å². The van der Waals surface area contributed by atoms with Crippen molar-refractivity contribution in [3.05, 3.63) is 51.6 Å². The molecule has 4 nitrogen and oxygen atoms in total. The second-order valence-electron chi connectivity index (χ2n) is 3.85. The van der Waals surface area contributed by atoms with E-state index < -0.39 is 0 Å². The summed E-state index contributed by atoms with van der Waals surface area (Å²) in [5.41, 5.74) is 7.13. The molecule has 19 heavy (non-hydrogen) atoms. The Balaban J connectivity index is 2.10. The number of anilines is 2. The molecular weight excluding hydrogens is 283 g/mol. The van der Waals surface area contributed by atoms with E-state index in [4.69, 9.17) is 34.2 Å². The van der Waals surface area contributed by atoms with Gasteiger partial charge in [0.15, 0.2) is 5.69 Å². The average Bonchev–Trinajstić information content (AvgIpc) is 2.41. The van der Waals surface area contributed by atoms with Crippen molar-refractivity contribution in [3.63, 3.8) is 0 Å². The van der Waals surface area contributed by atoms with Gasteiger partial charge in [-0.25, -0.2) is 4.98 Å². The molecule has 0 fully saturated rings. The van der Waals surface area contributed by atoms with Crippen LogP contribution in [0.4, 0.5) is 11.5 Å². The lowest BCUT2D eigenvalue weighted by molar-refractivity contribution is 1.10. The summed E-state index contributed by atoms with van der Waals surface area (Å²) in [4.78, 5) is 4.09. The summed E-state index contributed by atoms with van der Waals surface area (Å²) in [6.07, 6.45) is 0. The lowest BCUT2D eigenvalue weighted by atomic mass is 10.2. The molecule has 0 saturated carbocycles. The topological polar surface area (TPSA) is 74.7 Å². The Morgan fingerprint density at radius 1 is 1.21 bits per heavy atom. The quantitative estimate of drug-likeness (QED) is 0.908. The van der Waals surface area contributed by atoms with Crippen LogP contribution < -0.4 is 11.1 Å². The molecule has 0 saturated heterocycles. The van der Waals surface area contributed by atoms with Crippen LogP contribution in [0.5, 0.6) is 0 Å². The molecule has 0 aliphatic heterocycles. The number of pyridine rings is 1. The number of aromatic nitrogens is 1. The number of nitrogen functional groups attached to an aromatic ring is 1. The van der Waals surface area contributed by atoms with E-state index in [-0.39, 0.29) is 5.69 Å². The van der Waals surface area contributed by atoms with Gasteiger partial charge in [0.05, 0.1) is 15.7 Å². The van der Waals surface area contributed by atoms with Crippen LogP contribution in [0.15, 0.2) is 30.3 Å². The summed E-state index contributed by atoms with van der Waals surface area (Å²) >= 11 is 11.8. The number of rotatable bonds is 3. The van der Waals surface area contributed by atoms with Gasteiger partial charge in [-0.15, -0.1) is 0 Å². The number of nitrogens with zero attached hydrogens (tertiary/aromatic N) is 2. The molecule has 6 heteroatoms. The van der Waals surface area contributed by atoms with Crippen LogP contribution >= 0.6 is 23.2 Å². The Hall–Kier alpha value is -1.96. The largest absolute Gasteiger partial charge is 0.396 e. The van der Waals surface area contributed by atoms with Gasteiger partial charge in [0.1, 0.15) is 11.9 Å². The number of halogens is 2. The van der Waals surface area contributed by atoms with E-state index in [0.29, 0.717) is 28.1 Å². The van der Waals surface area contributed by atoms with Crippen molar-refractivity contribution in [2.45, 2.75) is 6.54 Å². The molecule has 3 N–H and O–H groups in total. The zero-order valence-electron chi connectivity index (χ0n) is 9.82. The van der Waals surface area contributed by atoms with E-state index in [1.807, 2.05) is 12.1 Å². The molecule has 1 aromatic heterocycles. The molecule has 96 valence electrons. The Labute approximate surface area is 120 Å². The molecule has 0 atom stereocenters. The van der Waals surface area contributed by atoms with Crippen molar-refractivity contribution in [2.24, 2.45) is 0 Å². The number of nitriles is 1. The Morgan fingerprint density at radius 2 is 2.00 bits per heavy atom. The summed E-state index contributed by atoms with van der Waals surface area (Å²) < 4.78 is 0. The SMILES string of the molecule is N#Cc1nc(NCc2ccc(Cl)c(Cl)c2)ccc1N. The van der Waals surface area contributed by atoms with Crippen LogP contribution in [0.25, 0.3) is 0 Å². The lowest BCUT2D eigenvalue weighted by Gasteiger charge is -2.07. The summed E-state index contributed by atoms with van der Waals surface area (Å²) in [7, 11) is 0. The third-order valence-electron chi connectivity index (χ3n) is 2.49. The molecule has 0 spiro atoms. The zero-order chi connectivity index (χ0) is 13.8. The summed E-state index contributed by atoms with van der Waals surface area (Å²) in [5.74, 6) is 0.580. The molecule has 1 aromatic carbocycles. The Morgan fingerprint density at radius 3 is 2.68 bits per heavy atom.